The molecule has 1 amide bonds. The van der Waals surface area contributed by atoms with Gasteiger partial charge in [-0.3, -0.25) is 4.79 Å². The normalized spacial score (nSPS) is 16.6. The van der Waals surface area contributed by atoms with E-state index in [1.165, 1.54) is 12.1 Å². The Morgan fingerprint density at radius 1 is 1.36 bits per heavy atom. The molecule has 2 N–H and O–H groups in total. The second-order valence-corrected chi connectivity index (χ2v) is 6.25. The number of alkyl halides is 3. The lowest BCUT2D eigenvalue weighted by Crippen LogP contribution is -2.32. The minimum Gasteiger partial charge on any atom is -0.484 e. The fourth-order valence-electron chi connectivity index (χ4n) is 2.91. The number of halogens is 4. The number of nitrogens with one attached hydrogen (secondary N) is 2. The molecule has 1 fully saturated rings. The van der Waals surface area contributed by atoms with Crippen molar-refractivity contribution in [2.75, 3.05) is 25.0 Å². The van der Waals surface area contributed by atoms with Crippen LogP contribution in [0.4, 0.5) is 18.9 Å². The third kappa shape index (κ3) is 7.96. The summed E-state index contributed by atoms with van der Waals surface area (Å²) in [5, 5.41) is 6.03. The Morgan fingerprint density at radius 3 is 2.68 bits per heavy atom. The van der Waals surface area contributed by atoms with E-state index >= 15 is 0 Å². The highest BCUT2D eigenvalue weighted by Gasteiger charge is 2.28. The summed E-state index contributed by atoms with van der Waals surface area (Å²) in [6, 6.07) is 6.02. The minimum atomic E-state index is -4.39. The molecule has 8 heteroatoms. The predicted molar refractivity (Wildman–Crippen MR) is 93.2 cm³/mol. The van der Waals surface area contributed by atoms with Crippen molar-refractivity contribution in [3.8, 4) is 5.75 Å². The molecule has 2 rings (SSSR count). The molecule has 25 heavy (non-hydrogen) atoms. The maximum atomic E-state index is 12.2. The van der Waals surface area contributed by atoms with Crippen LogP contribution in [0.25, 0.3) is 0 Å². The van der Waals surface area contributed by atoms with Gasteiger partial charge in [0.25, 0.3) is 0 Å². The summed E-state index contributed by atoms with van der Waals surface area (Å²) in [5.41, 5.74) is 0.442. The van der Waals surface area contributed by atoms with Crippen LogP contribution in [0.2, 0.25) is 0 Å². The molecule has 1 unspecified atom stereocenters. The fraction of sp³-hybridized carbons (Fsp3) is 0.588. The van der Waals surface area contributed by atoms with Crippen molar-refractivity contribution in [2.24, 2.45) is 11.8 Å². The lowest BCUT2D eigenvalue weighted by Gasteiger charge is -2.27. The molecular weight excluding hydrogens is 357 g/mol. The van der Waals surface area contributed by atoms with E-state index in [1.54, 1.807) is 12.1 Å². The van der Waals surface area contributed by atoms with Gasteiger partial charge in [0.1, 0.15) is 5.75 Å². The molecule has 1 aromatic rings. The summed E-state index contributed by atoms with van der Waals surface area (Å²) in [7, 11) is 0. The van der Waals surface area contributed by atoms with E-state index in [-0.39, 0.29) is 30.0 Å². The molecular formula is C17H24ClF3N2O2. The second-order valence-electron chi connectivity index (χ2n) is 6.25. The first-order chi connectivity index (χ1) is 11.3. The Bertz CT molecular complexity index is 549. The van der Waals surface area contributed by atoms with E-state index in [4.69, 9.17) is 0 Å². The third-order valence-corrected chi connectivity index (χ3v) is 4.22. The van der Waals surface area contributed by atoms with Crippen LogP contribution in [0.15, 0.2) is 24.3 Å². The molecule has 0 radical (unpaired) electrons. The van der Waals surface area contributed by atoms with Gasteiger partial charge in [0, 0.05) is 18.2 Å². The van der Waals surface area contributed by atoms with E-state index < -0.39 is 12.8 Å². The van der Waals surface area contributed by atoms with Crippen LogP contribution in [-0.2, 0) is 4.79 Å². The number of benzene rings is 1. The SMILES string of the molecule is CC(CC(=O)Nc1cccc(OCC(F)(F)F)c1)C1CCNCC1.Cl. The largest absolute Gasteiger partial charge is 0.484 e. The zero-order valence-corrected chi connectivity index (χ0v) is 14.9. The molecule has 4 nitrogen and oxygen atoms in total. The Kier molecular flexibility index (Phi) is 8.52. The highest BCUT2D eigenvalue weighted by atomic mass is 35.5. The van der Waals surface area contributed by atoms with Gasteiger partial charge in [-0.2, -0.15) is 13.2 Å². The average Bonchev–Trinajstić information content (AvgIpc) is 2.53. The van der Waals surface area contributed by atoms with Gasteiger partial charge in [-0.25, -0.2) is 0 Å². The number of amides is 1. The Morgan fingerprint density at radius 2 is 2.04 bits per heavy atom. The fourth-order valence-corrected chi connectivity index (χ4v) is 2.91. The summed E-state index contributed by atoms with van der Waals surface area (Å²) in [6.45, 7) is 2.68. The number of anilines is 1. The number of rotatable bonds is 6. The molecule has 1 aromatic carbocycles. The van der Waals surface area contributed by atoms with Crippen molar-refractivity contribution in [2.45, 2.75) is 32.4 Å². The van der Waals surface area contributed by atoms with Crippen LogP contribution >= 0.6 is 12.4 Å². The van der Waals surface area contributed by atoms with Crippen LogP contribution in [0.1, 0.15) is 26.2 Å². The predicted octanol–water partition coefficient (Wildman–Crippen LogP) is 4.01. The van der Waals surface area contributed by atoms with E-state index in [2.05, 4.69) is 22.3 Å². The summed E-state index contributed by atoms with van der Waals surface area (Å²) in [4.78, 5) is 12.1. The van der Waals surface area contributed by atoms with Gasteiger partial charge < -0.3 is 15.4 Å². The topological polar surface area (TPSA) is 50.4 Å². The Balaban J connectivity index is 0.00000312. The summed E-state index contributed by atoms with van der Waals surface area (Å²) in [5.74, 6) is 0.751. The van der Waals surface area contributed by atoms with Gasteiger partial charge >= 0.3 is 6.18 Å². The van der Waals surface area contributed by atoms with Crippen LogP contribution in [0.5, 0.6) is 5.75 Å². The molecule has 0 spiro atoms. The summed E-state index contributed by atoms with van der Waals surface area (Å²) in [6.07, 6.45) is -1.85. The maximum Gasteiger partial charge on any atom is 0.422 e. The minimum absolute atomic E-state index is 0. The Labute approximate surface area is 151 Å². The van der Waals surface area contributed by atoms with Crippen LogP contribution in [0.3, 0.4) is 0 Å². The van der Waals surface area contributed by atoms with Gasteiger partial charge in [0.05, 0.1) is 0 Å². The first kappa shape index (κ1) is 21.6. The molecule has 1 aliphatic rings. The lowest BCUT2D eigenvalue weighted by atomic mass is 9.84. The van der Waals surface area contributed by atoms with Crippen molar-refractivity contribution in [1.29, 1.82) is 0 Å². The van der Waals surface area contributed by atoms with Crippen molar-refractivity contribution in [3.63, 3.8) is 0 Å². The van der Waals surface area contributed by atoms with Crippen LogP contribution < -0.4 is 15.4 Å². The molecule has 0 aliphatic carbocycles. The number of piperidine rings is 1. The first-order valence-electron chi connectivity index (χ1n) is 8.13. The zero-order chi connectivity index (χ0) is 17.6. The van der Waals surface area contributed by atoms with E-state index in [1.807, 2.05) is 0 Å². The van der Waals surface area contributed by atoms with E-state index in [9.17, 15) is 18.0 Å². The molecule has 142 valence electrons. The zero-order valence-electron chi connectivity index (χ0n) is 14.1. The monoisotopic (exact) mass is 380 g/mol. The van der Waals surface area contributed by atoms with Crippen LogP contribution in [-0.4, -0.2) is 31.8 Å². The smallest absolute Gasteiger partial charge is 0.422 e. The van der Waals surface area contributed by atoms with Crippen LogP contribution in [0, 0.1) is 11.8 Å². The van der Waals surface area contributed by atoms with E-state index in [0.29, 0.717) is 18.0 Å². The first-order valence-corrected chi connectivity index (χ1v) is 8.13. The van der Waals surface area contributed by atoms with Crippen molar-refractivity contribution < 1.29 is 22.7 Å². The van der Waals surface area contributed by atoms with Crippen molar-refractivity contribution in [1.82, 2.24) is 5.32 Å². The van der Waals surface area contributed by atoms with Crippen molar-refractivity contribution in [3.05, 3.63) is 24.3 Å². The second kappa shape index (κ2) is 9.87. The highest BCUT2D eigenvalue weighted by molar-refractivity contribution is 5.91. The van der Waals surface area contributed by atoms with E-state index in [0.717, 1.165) is 25.9 Å². The quantitative estimate of drug-likeness (QED) is 0.783. The maximum absolute atomic E-state index is 12.2. The van der Waals surface area contributed by atoms with Gasteiger partial charge in [-0.15, -0.1) is 12.4 Å². The number of hydrogen-bond donors (Lipinski definition) is 2. The molecule has 1 heterocycles. The molecule has 0 bridgehead atoms. The highest BCUT2D eigenvalue weighted by Crippen LogP contribution is 2.25. The molecule has 0 saturated carbocycles. The Hall–Kier alpha value is -1.47. The van der Waals surface area contributed by atoms with Gasteiger partial charge in [-0.05, 0) is 49.9 Å². The number of hydrogen-bond acceptors (Lipinski definition) is 3. The number of carbonyl (C=O) groups is 1. The number of carbonyl (C=O) groups excluding carboxylic acids is 1. The average molecular weight is 381 g/mol. The molecule has 1 atom stereocenters. The molecule has 0 aromatic heterocycles. The third-order valence-electron chi connectivity index (χ3n) is 4.22. The van der Waals surface area contributed by atoms with Gasteiger partial charge in [0.15, 0.2) is 6.61 Å². The van der Waals surface area contributed by atoms with Gasteiger partial charge in [0.2, 0.25) is 5.91 Å². The summed E-state index contributed by atoms with van der Waals surface area (Å²) >= 11 is 0. The molecule has 1 aliphatic heterocycles. The lowest BCUT2D eigenvalue weighted by molar-refractivity contribution is -0.153. The van der Waals surface area contributed by atoms with Gasteiger partial charge in [-0.1, -0.05) is 13.0 Å². The summed E-state index contributed by atoms with van der Waals surface area (Å²) < 4.78 is 41.2. The standard InChI is InChI=1S/C17H23F3N2O2.ClH/c1-12(13-5-7-21-8-6-13)9-16(23)22-14-3-2-4-15(10-14)24-11-17(18,19)20;/h2-4,10,12-13,21H,5-9,11H2,1H3,(H,22,23);1H. The molecule has 1 saturated heterocycles. The number of ether oxygens (including phenoxy) is 1. The van der Waals surface area contributed by atoms with Crippen molar-refractivity contribution >= 4 is 24.0 Å².